The number of fused-ring (bicyclic) bond motifs is 2. The van der Waals surface area contributed by atoms with Crippen molar-refractivity contribution in [1.29, 1.82) is 0 Å². The van der Waals surface area contributed by atoms with Crippen LogP contribution in [-0.2, 0) is 24.3 Å². The van der Waals surface area contributed by atoms with Gasteiger partial charge in [-0.05, 0) is 42.9 Å². The molecule has 0 saturated heterocycles. The largest absolute Gasteiger partial charge is 0.455 e. The lowest BCUT2D eigenvalue weighted by atomic mass is 9.94. The van der Waals surface area contributed by atoms with Crippen LogP contribution in [0.2, 0.25) is 0 Å². The van der Waals surface area contributed by atoms with Gasteiger partial charge in [0.15, 0.2) is 6.61 Å². The molecular weight excluding hydrogens is 380 g/mol. The number of carbonyl (C=O) groups excluding carboxylic acids is 2. The Morgan fingerprint density at radius 3 is 2.54 bits per heavy atom. The molecule has 3 atom stereocenters. The highest BCUT2D eigenvalue weighted by Crippen LogP contribution is 2.43. The molecule has 0 unspecified atom stereocenters. The monoisotopic (exact) mass is 406 g/mol. The highest BCUT2D eigenvalue weighted by atomic mass is 32.2. The summed E-state index contributed by atoms with van der Waals surface area (Å²) in [6.07, 6.45) is 5.97. The number of ether oxygens (including phenoxy) is 1. The smallest absolute Gasteiger partial charge is 0.310 e. The van der Waals surface area contributed by atoms with Gasteiger partial charge in [-0.15, -0.1) is 0 Å². The maximum absolute atomic E-state index is 12.6. The molecule has 8 heteroatoms. The number of esters is 1. The van der Waals surface area contributed by atoms with E-state index in [0.29, 0.717) is 24.7 Å². The fraction of sp³-hybridized carbons (Fsp3) is 0.500. The molecule has 2 aliphatic carbocycles. The first-order chi connectivity index (χ1) is 13.3. The van der Waals surface area contributed by atoms with E-state index in [9.17, 15) is 18.0 Å². The van der Waals surface area contributed by atoms with Crippen LogP contribution in [0.4, 0.5) is 5.69 Å². The maximum atomic E-state index is 12.6. The normalized spacial score (nSPS) is 23.2. The number of allylic oxidation sites excluding steroid dienone is 2. The number of amides is 1. The summed E-state index contributed by atoms with van der Waals surface area (Å²) in [5.41, 5.74) is 0.345. The van der Waals surface area contributed by atoms with E-state index in [-0.39, 0.29) is 29.3 Å². The van der Waals surface area contributed by atoms with Crippen molar-refractivity contribution in [1.82, 2.24) is 4.31 Å². The highest BCUT2D eigenvalue weighted by Gasteiger charge is 2.40. The van der Waals surface area contributed by atoms with Crippen LogP contribution < -0.4 is 5.32 Å². The van der Waals surface area contributed by atoms with Gasteiger partial charge in [-0.3, -0.25) is 9.59 Å². The average molecular weight is 407 g/mol. The van der Waals surface area contributed by atoms with Crippen molar-refractivity contribution in [2.45, 2.75) is 31.6 Å². The second-order valence-corrected chi connectivity index (χ2v) is 9.10. The van der Waals surface area contributed by atoms with Crippen molar-refractivity contribution >= 4 is 27.6 Å². The van der Waals surface area contributed by atoms with Crippen LogP contribution in [0.1, 0.15) is 26.7 Å². The SMILES string of the molecule is CCN(CC)S(=O)(=O)c1cccc(NC(=O)COC(=O)[C@H]2C[C@H]3C=C[C@H]2C3)c1. The molecule has 7 nitrogen and oxygen atoms in total. The second-order valence-electron chi connectivity index (χ2n) is 7.16. The minimum Gasteiger partial charge on any atom is -0.455 e. The van der Waals surface area contributed by atoms with Crippen molar-refractivity contribution in [3.63, 3.8) is 0 Å². The molecule has 1 amide bonds. The van der Waals surface area contributed by atoms with E-state index in [1.165, 1.54) is 16.4 Å². The Kier molecular flexibility index (Phi) is 6.20. The van der Waals surface area contributed by atoms with Crippen molar-refractivity contribution in [2.24, 2.45) is 17.8 Å². The average Bonchev–Trinajstić information content (AvgIpc) is 3.30. The molecule has 0 spiro atoms. The molecule has 0 aliphatic heterocycles. The quantitative estimate of drug-likeness (QED) is 0.529. The van der Waals surface area contributed by atoms with Crippen LogP contribution in [0.3, 0.4) is 0 Å². The highest BCUT2D eigenvalue weighted by molar-refractivity contribution is 7.89. The molecule has 152 valence electrons. The van der Waals surface area contributed by atoms with E-state index < -0.39 is 15.9 Å². The lowest BCUT2D eigenvalue weighted by Crippen LogP contribution is -2.30. The number of benzene rings is 1. The maximum Gasteiger partial charge on any atom is 0.310 e. The van der Waals surface area contributed by atoms with Gasteiger partial charge in [-0.2, -0.15) is 4.31 Å². The van der Waals surface area contributed by atoms with Gasteiger partial charge in [0.1, 0.15) is 0 Å². The zero-order valence-electron chi connectivity index (χ0n) is 16.1. The molecule has 1 N–H and O–H groups in total. The van der Waals surface area contributed by atoms with Gasteiger partial charge in [0, 0.05) is 18.8 Å². The third-order valence-electron chi connectivity index (χ3n) is 5.39. The van der Waals surface area contributed by atoms with Gasteiger partial charge in [0.05, 0.1) is 10.8 Å². The summed E-state index contributed by atoms with van der Waals surface area (Å²) in [4.78, 5) is 24.4. The molecular formula is C20H26N2O5S. The van der Waals surface area contributed by atoms with E-state index >= 15 is 0 Å². The number of hydrogen-bond donors (Lipinski definition) is 1. The first-order valence-electron chi connectivity index (χ1n) is 9.60. The van der Waals surface area contributed by atoms with E-state index in [4.69, 9.17) is 4.74 Å². The predicted octanol–water partition coefficient (Wildman–Crippen LogP) is 2.41. The van der Waals surface area contributed by atoms with Gasteiger partial charge < -0.3 is 10.1 Å². The molecule has 0 radical (unpaired) electrons. The minimum atomic E-state index is -3.61. The van der Waals surface area contributed by atoms with Crippen molar-refractivity contribution in [3.05, 3.63) is 36.4 Å². The van der Waals surface area contributed by atoms with Gasteiger partial charge in [-0.1, -0.05) is 32.1 Å². The van der Waals surface area contributed by atoms with Crippen LogP contribution >= 0.6 is 0 Å². The van der Waals surface area contributed by atoms with Crippen molar-refractivity contribution < 1.29 is 22.7 Å². The molecule has 28 heavy (non-hydrogen) atoms. The molecule has 1 fully saturated rings. The summed E-state index contributed by atoms with van der Waals surface area (Å²) in [6, 6.07) is 6.07. The molecule has 2 bridgehead atoms. The standard InChI is InChI=1S/C20H26N2O5S/c1-3-22(4-2)28(25,26)17-7-5-6-16(12-17)21-19(23)13-27-20(24)18-11-14-8-9-15(18)10-14/h5-9,12,14-15,18H,3-4,10-11,13H2,1-2H3,(H,21,23)/t14-,15-,18-/m0/s1. The fourth-order valence-corrected chi connectivity index (χ4v) is 5.44. The Labute approximate surface area is 165 Å². The summed E-state index contributed by atoms with van der Waals surface area (Å²) in [5, 5.41) is 2.60. The van der Waals surface area contributed by atoms with Gasteiger partial charge in [0.2, 0.25) is 10.0 Å². The number of sulfonamides is 1. The fourth-order valence-electron chi connectivity index (χ4n) is 3.94. The molecule has 1 aromatic carbocycles. The summed E-state index contributed by atoms with van der Waals surface area (Å²) < 4.78 is 31.7. The zero-order chi connectivity index (χ0) is 20.3. The summed E-state index contributed by atoms with van der Waals surface area (Å²) >= 11 is 0. The van der Waals surface area contributed by atoms with Gasteiger partial charge >= 0.3 is 5.97 Å². The first kappa shape index (κ1) is 20.5. The van der Waals surface area contributed by atoms with Crippen LogP contribution in [-0.4, -0.2) is 44.3 Å². The second kappa shape index (κ2) is 8.45. The van der Waals surface area contributed by atoms with Crippen LogP contribution in [0.25, 0.3) is 0 Å². The van der Waals surface area contributed by atoms with Crippen molar-refractivity contribution in [3.8, 4) is 0 Å². The number of nitrogens with one attached hydrogen (secondary N) is 1. The Balaban J connectivity index is 1.57. The van der Waals surface area contributed by atoms with Crippen molar-refractivity contribution in [2.75, 3.05) is 25.0 Å². The number of rotatable bonds is 8. The van der Waals surface area contributed by atoms with Crippen LogP contribution in [0.15, 0.2) is 41.3 Å². The molecule has 1 aromatic rings. The predicted molar refractivity (Wildman–Crippen MR) is 105 cm³/mol. The lowest BCUT2D eigenvalue weighted by molar-refractivity contribution is -0.152. The molecule has 3 rings (SSSR count). The molecule has 2 aliphatic rings. The van der Waals surface area contributed by atoms with Crippen LogP contribution in [0.5, 0.6) is 0 Å². The van der Waals surface area contributed by atoms with E-state index in [2.05, 4.69) is 17.5 Å². The molecule has 0 heterocycles. The summed E-state index contributed by atoms with van der Waals surface area (Å²) in [6.45, 7) is 3.89. The third kappa shape index (κ3) is 4.28. The van der Waals surface area contributed by atoms with Gasteiger partial charge in [0.25, 0.3) is 5.91 Å². The summed E-state index contributed by atoms with van der Waals surface area (Å²) in [5.74, 6) is -0.325. The summed E-state index contributed by atoms with van der Waals surface area (Å²) in [7, 11) is -3.61. The molecule has 1 saturated carbocycles. The Morgan fingerprint density at radius 1 is 1.18 bits per heavy atom. The zero-order valence-corrected chi connectivity index (χ0v) is 16.9. The first-order valence-corrected chi connectivity index (χ1v) is 11.0. The Hall–Kier alpha value is -2.19. The Morgan fingerprint density at radius 2 is 1.93 bits per heavy atom. The third-order valence-corrected chi connectivity index (χ3v) is 7.43. The van der Waals surface area contributed by atoms with Crippen LogP contribution in [0, 0.1) is 17.8 Å². The number of nitrogens with zero attached hydrogens (tertiary/aromatic N) is 1. The number of anilines is 1. The topological polar surface area (TPSA) is 92.8 Å². The van der Waals surface area contributed by atoms with E-state index in [1.54, 1.807) is 26.0 Å². The number of carbonyl (C=O) groups is 2. The molecule has 0 aromatic heterocycles. The van der Waals surface area contributed by atoms with E-state index in [1.807, 2.05) is 0 Å². The minimum absolute atomic E-state index is 0.111. The van der Waals surface area contributed by atoms with Gasteiger partial charge in [-0.25, -0.2) is 8.42 Å². The van der Waals surface area contributed by atoms with E-state index in [0.717, 1.165) is 12.8 Å². The Bertz CT molecular complexity index is 876. The lowest BCUT2D eigenvalue weighted by Gasteiger charge is -2.19. The number of hydrogen-bond acceptors (Lipinski definition) is 5.